The van der Waals surface area contributed by atoms with Crippen LogP contribution in [0.15, 0.2) is 28.7 Å². The number of hydrogen-bond acceptors (Lipinski definition) is 3. The van der Waals surface area contributed by atoms with Gasteiger partial charge in [0, 0.05) is 12.1 Å². The van der Waals surface area contributed by atoms with Crippen molar-refractivity contribution in [2.75, 3.05) is 6.54 Å². The quantitative estimate of drug-likeness (QED) is 0.865. The van der Waals surface area contributed by atoms with Gasteiger partial charge in [-0.3, -0.25) is 0 Å². The van der Waals surface area contributed by atoms with Gasteiger partial charge in [0.05, 0.1) is 5.02 Å². The van der Waals surface area contributed by atoms with Crippen LogP contribution in [0.5, 0.6) is 5.75 Å². The summed E-state index contributed by atoms with van der Waals surface area (Å²) in [5, 5.41) is 3.90. The van der Waals surface area contributed by atoms with Gasteiger partial charge in [-0.1, -0.05) is 24.6 Å². The van der Waals surface area contributed by atoms with Crippen molar-refractivity contribution >= 4 is 11.6 Å². The van der Waals surface area contributed by atoms with E-state index in [0.29, 0.717) is 17.4 Å². The standard InChI is InChI=1S/C16H20ClNO2/c1-4-18-9-13-8-14(20-12(13)3)10-19-16-7-11(2)5-6-15(16)17/h5-8,18H,4,9-10H2,1-3H3. The molecule has 0 fully saturated rings. The summed E-state index contributed by atoms with van der Waals surface area (Å²) in [6, 6.07) is 7.76. The first kappa shape index (κ1) is 14.9. The molecule has 0 atom stereocenters. The van der Waals surface area contributed by atoms with Crippen molar-refractivity contribution in [2.45, 2.75) is 33.9 Å². The Kier molecular flexibility index (Phi) is 5.10. The van der Waals surface area contributed by atoms with E-state index in [1.807, 2.05) is 38.1 Å². The van der Waals surface area contributed by atoms with Crippen LogP contribution < -0.4 is 10.1 Å². The first-order valence-corrected chi connectivity index (χ1v) is 7.15. The summed E-state index contributed by atoms with van der Waals surface area (Å²) in [5.41, 5.74) is 2.29. The van der Waals surface area contributed by atoms with Crippen LogP contribution in [-0.2, 0) is 13.2 Å². The monoisotopic (exact) mass is 293 g/mol. The fraction of sp³-hybridized carbons (Fsp3) is 0.375. The summed E-state index contributed by atoms with van der Waals surface area (Å²) in [4.78, 5) is 0. The van der Waals surface area contributed by atoms with Gasteiger partial charge in [0.25, 0.3) is 0 Å². The molecule has 1 aromatic carbocycles. The Morgan fingerprint density at radius 2 is 2.05 bits per heavy atom. The van der Waals surface area contributed by atoms with E-state index in [-0.39, 0.29) is 0 Å². The van der Waals surface area contributed by atoms with Crippen LogP contribution >= 0.6 is 11.6 Å². The van der Waals surface area contributed by atoms with Crippen molar-refractivity contribution in [2.24, 2.45) is 0 Å². The first-order chi connectivity index (χ1) is 9.60. The van der Waals surface area contributed by atoms with Crippen molar-refractivity contribution in [3.63, 3.8) is 0 Å². The van der Waals surface area contributed by atoms with E-state index in [2.05, 4.69) is 12.2 Å². The third-order valence-electron chi connectivity index (χ3n) is 3.09. The molecule has 0 spiro atoms. The smallest absolute Gasteiger partial charge is 0.146 e. The highest BCUT2D eigenvalue weighted by Crippen LogP contribution is 2.26. The Morgan fingerprint density at radius 3 is 2.80 bits per heavy atom. The minimum atomic E-state index is 0.385. The summed E-state index contributed by atoms with van der Waals surface area (Å²) in [7, 11) is 0. The van der Waals surface area contributed by atoms with Crippen molar-refractivity contribution in [1.82, 2.24) is 5.32 Å². The molecule has 0 radical (unpaired) electrons. The topological polar surface area (TPSA) is 34.4 Å². The average Bonchev–Trinajstić information content (AvgIpc) is 2.78. The predicted molar refractivity (Wildman–Crippen MR) is 81.3 cm³/mol. The lowest BCUT2D eigenvalue weighted by Gasteiger charge is -2.07. The van der Waals surface area contributed by atoms with E-state index in [0.717, 1.165) is 30.2 Å². The molecule has 0 aliphatic rings. The van der Waals surface area contributed by atoms with Crippen LogP contribution in [0, 0.1) is 13.8 Å². The molecule has 0 unspecified atom stereocenters. The molecule has 0 aliphatic carbocycles. The number of nitrogens with one attached hydrogen (secondary N) is 1. The molecule has 0 bridgehead atoms. The second kappa shape index (κ2) is 6.82. The SMILES string of the molecule is CCNCc1cc(COc2cc(C)ccc2Cl)oc1C. The van der Waals surface area contributed by atoms with E-state index in [9.17, 15) is 0 Å². The normalized spacial score (nSPS) is 10.8. The largest absolute Gasteiger partial charge is 0.484 e. The number of aryl methyl sites for hydroxylation is 2. The van der Waals surface area contributed by atoms with Gasteiger partial charge in [-0.2, -0.15) is 0 Å². The molecule has 0 saturated heterocycles. The van der Waals surface area contributed by atoms with Gasteiger partial charge < -0.3 is 14.5 Å². The van der Waals surface area contributed by atoms with Crippen molar-refractivity contribution in [1.29, 1.82) is 0 Å². The minimum absolute atomic E-state index is 0.385. The Bertz CT molecular complexity index is 578. The second-order valence-corrected chi connectivity index (χ2v) is 5.20. The fourth-order valence-corrected chi connectivity index (χ4v) is 2.14. The van der Waals surface area contributed by atoms with Crippen LogP contribution in [0.3, 0.4) is 0 Å². The maximum absolute atomic E-state index is 6.10. The summed E-state index contributed by atoms with van der Waals surface area (Å²) in [6.07, 6.45) is 0. The lowest BCUT2D eigenvalue weighted by Crippen LogP contribution is -2.11. The van der Waals surface area contributed by atoms with Crippen LogP contribution in [-0.4, -0.2) is 6.54 Å². The maximum atomic E-state index is 6.10. The van der Waals surface area contributed by atoms with Crippen LogP contribution in [0.25, 0.3) is 0 Å². The zero-order valence-electron chi connectivity index (χ0n) is 12.1. The minimum Gasteiger partial charge on any atom is -0.484 e. The molecular weight excluding hydrogens is 274 g/mol. The van der Waals surface area contributed by atoms with Crippen molar-refractivity contribution < 1.29 is 9.15 Å². The number of rotatable bonds is 6. The second-order valence-electron chi connectivity index (χ2n) is 4.80. The fourth-order valence-electron chi connectivity index (χ4n) is 1.96. The van der Waals surface area contributed by atoms with Gasteiger partial charge >= 0.3 is 0 Å². The van der Waals surface area contributed by atoms with Gasteiger partial charge in [-0.05, 0) is 44.2 Å². The Balaban J connectivity index is 2.02. The Morgan fingerprint density at radius 1 is 1.25 bits per heavy atom. The van der Waals surface area contributed by atoms with Gasteiger partial charge in [0.15, 0.2) is 0 Å². The van der Waals surface area contributed by atoms with Gasteiger partial charge in [0.1, 0.15) is 23.9 Å². The van der Waals surface area contributed by atoms with E-state index >= 15 is 0 Å². The lowest BCUT2D eigenvalue weighted by atomic mass is 10.2. The zero-order chi connectivity index (χ0) is 14.5. The van der Waals surface area contributed by atoms with Gasteiger partial charge in [-0.25, -0.2) is 0 Å². The molecule has 2 aromatic rings. The maximum Gasteiger partial charge on any atom is 0.146 e. The summed E-state index contributed by atoms with van der Waals surface area (Å²) in [6.45, 7) is 8.20. The average molecular weight is 294 g/mol. The Hall–Kier alpha value is -1.45. The van der Waals surface area contributed by atoms with E-state index < -0.39 is 0 Å². The van der Waals surface area contributed by atoms with Gasteiger partial charge in [-0.15, -0.1) is 0 Å². The lowest BCUT2D eigenvalue weighted by molar-refractivity contribution is 0.267. The highest BCUT2D eigenvalue weighted by molar-refractivity contribution is 6.32. The predicted octanol–water partition coefficient (Wildman–Crippen LogP) is 4.24. The van der Waals surface area contributed by atoms with Gasteiger partial charge in [0.2, 0.25) is 0 Å². The van der Waals surface area contributed by atoms with E-state index in [1.165, 1.54) is 5.56 Å². The molecule has 0 amide bonds. The van der Waals surface area contributed by atoms with E-state index in [1.54, 1.807) is 0 Å². The molecular formula is C16H20ClNO2. The summed E-state index contributed by atoms with van der Waals surface area (Å²) in [5.74, 6) is 2.43. The van der Waals surface area contributed by atoms with Crippen LogP contribution in [0.1, 0.15) is 29.6 Å². The molecule has 0 aliphatic heterocycles. The third kappa shape index (κ3) is 3.78. The number of ether oxygens (including phenoxy) is 1. The number of hydrogen-bond donors (Lipinski definition) is 1. The molecule has 20 heavy (non-hydrogen) atoms. The number of furan rings is 1. The summed E-state index contributed by atoms with van der Waals surface area (Å²) < 4.78 is 11.4. The van der Waals surface area contributed by atoms with Crippen molar-refractivity contribution in [3.05, 3.63) is 51.9 Å². The molecule has 1 N–H and O–H groups in total. The Labute approximate surface area is 124 Å². The number of halogens is 1. The molecule has 0 saturated carbocycles. The summed E-state index contributed by atoms with van der Waals surface area (Å²) >= 11 is 6.10. The van der Waals surface area contributed by atoms with Crippen molar-refractivity contribution in [3.8, 4) is 5.75 Å². The zero-order valence-corrected chi connectivity index (χ0v) is 12.9. The molecule has 3 nitrogen and oxygen atoms in total. The molecule has 2 rings (SSSR count). The highest BCUT2D eigenvalue weighted by atomic mass is 35.5. The molecule has 108 valence electrons. The van der Waals surface area contributed by atoms with Crippen LogP contribution in [0.2, 0.25) is 5.02 Å². The molecule has 1 aromatic heterocycles. The van der Waals surface area contributed by atoms with E-state index in [4.69, 9.17) is 20.8 Å². The molecule has 1 heterocycles. The van der Waals surface area contributed by atoms with Crippen LogP contribution in [0.4, 0.5) is 0 Å². The molecule has 4 heteroatoms. The first-order valence-electron chi connectivity index (χ1n) is 6.78. The highest BCUT2D eigenvalue weighted by Gasteiger charge is 2.09. The third-order valence-corrected chi connectivity index (χ3v) is 3.41. The number of benzene rings is 1.